The fraction of sp³-hybridized carbons (Fsp3) is 0.714. The van der Waals surface area contributed by atoms with Crippen molar-refractivity contribution in [3.05, 3.63) is 60.8 Å². The number of rotatable bonds is 37. The van der Waals surface area contributed by atoms with Crippen LogP contribution in [-0.4, -0.2) is 65.7 Å². The van der Waals surface area contributed by atoms with Gasteiger partial charge >= 0.3 is 19.8 Å². The van der Waals surface area contributed by atoms with Crippen LogP contribution in [0.4, 0.5) is 0 Å². The highest BCUT2D eigenvalue weighted by molar-refractivity contribution is 7.47. The van der Waals surface area contributed by atoms with E-state index in [0.717, 1.165) is 64.2 Å². The molecule has 0 bridgehead atoms. The van der Waals surface area contributed by atoms with Gasteiger partial charge in [0.2, 0.25) is 0 Å². The number of esters is 2. The first kappa shape index (κ1) is 50.7. The van der Waals surface area contributed by atoms with Crippen molar-refractivity contribution in [2.24, 2.45) is 0 Å². The maximum Gasteiger partial charge on any atom is 0.472 e. The first-order valence-corrected chi connectivity index (χ1v) is 21.8. The summed E-state index contributed by atoms with van der Waals surface area (Å²) in [7, 11) is -4.63. The zero-order chi connectivity index (χ0) is 39.1. The monoisotopic (exact) mass is 768 g/mol. The predicted molar refractivity (Wildman–Crippen MR) is 214 cm³/mol. The Morgan fingerprint density at radius 3 is 1.64 bits per heavy atom. The molecule has 0 aromatic rings. The van der Waals surface area contributed by atoms with Gasteiger partial charge in [-0.05, 0) is 57.8 Å². The van der Waals surface area contributed by atoms with Crippen molar-refractivity contribution in [1.29, 1.82) is 0 Å². The van der Waals surface area contributed by atoms with Crippen LogP contribution in [0.3, 0.4) is 0 Å². The van der Waals surface area contributed by atoms with E-state index in [4.69, 9.17) is 19.1 Å². The molecular formula is C42H73O10P. The summed E-state index contributed by atoms with van der Waals surface area (Å²) in [4.78, 5) is 34.9. The van der Waals surface area contributed by atoms with Gasteiger partial charge in [-0.3, -0.25) is 18.6 Å². The molecule has 0 aromatic carbocycles. The lowest BCUT2D eigenvalue weighted by molar-refractivity contribution is -0.161. The molecule has 3 atom stereocenters. The second-order valence-corrected chi connectivity index (χ2v) is 14.8. The molecule has 0 aliphatic carbocycles. The first-order chi connectivity index (χ1) is 25.7. The summed E-state index contributed by atoms with van der Waals surface area (Å²) in [6.45, 7) is 2.18. The van der Waals surface area contributed by atoms with Crippen LogP contribution in [0.1, 0.15) is 155 Å². The average molecular weight is 769 g/mol. The SMILES string of the molecule is CC/C=C/C=C/C=C/C=C/CCCCCCCC(=O)OC[C@H](COP(=O)(O)OC[C@@H](O)CO)OC(=O)CCCCC/C=C/CCCCCCCCCC. The van der Waals surface area contributed by atoms with Crippen LogP contribution >= 0.6 is 7.82 Å². The molecule has 0 amide bonds. The van der Waals surface area contributed by atoms with E-state index in [1.54, 1.807) is 0 Å². The second kappa shape index (κ2) is 38.0. The Bertz CT molecular complexity index is 1070. The molecule has 0 rings (SSSR count). The fourth-order valence-electron chi connectivity index (χ4n) is 5.11. The summed E-state index contributed by atoms with van der Waals surface area (Å²) in [5.74, 6) is -0.975. The van der Waals surface area contributed by atoms with Gasteiger partial charge in [-0.25, -0.2) is 4.57 Å². The van der Waals surface area contributed by atoms with Crippen LogP contribution in [0, 0.1) is 0 Å². The van der Waals surface area contributed by atoms with Crippen LogP contribution in [-0.2, 0) is 32.7 Å². The Balaban J connectivity index is 4.41. The number of hydrogen-bond donors (Lipinski definition) is 3. The standard InChI is InChI=1S/C42H73O10P/c1-3-5-7-9-11-13-15-17-19-21-23-25-27-29-31-33-41(45)49-37-40(38-51-53(47,48)50-36-39(44)35-43)52-42(46)34-32-30-28-26-24-22-20-18-16-14-12-10-8-6-4-2/h5,7,9,11,13,15,17,19,22,24,39-40,43-44H,3-4,6,8,10,12,14,16,18,20-21,23,25-38H2,1-2H3,(H,47,48)/b7-5+,11-9+,15-13+,19-17+,24-22+/t39-,40+/m0/s1. The molecule has 0 fully saturated rings. The third kappa shape index (κ3) is 37.8. The molecular weight excluding hydrogens is 695 g/mol. The Labute approximate surface area is 321 Å². The van der Waals surface area contributed by atoms with E-state index in [1.807, 2.05) is 36.5 Å². The topological polar surface area (TPSA) is 149 Å². The molecule has 0 spiro atoms. The van der Waals surface area contributed by atoms with Gasteiger partial charge in [-0.1, -0.05) is 145 Å². The number of carbonyl (C=O) groups is 2. The van der Waals surface area contributed by atoms with E-state index in [0.29, 0.717) is 12.8 Å². The highest BCUT2D eigenvalue weighted by Gasteiger charge is 2.27. The van der Waals surface area contributed by atoms with Crippen molar-refractivity contribution in [3.8, 4) is 0 Å². The van der Waals surface area contributed by atoms with Crippen LogP contribution in [0.2, 0.25) is 0 Å². The smallest absolute Gasteiger partial charge is 0.462 e. The van der Waals surface area contributed by atoms with Gasteiger partial charge in [-0.15, -0.1) is 0 Å². The lowest BCUT2D eigenvalue weighted by Crippen LogP contribution is -2.29. The van der Waals surface area contributed by atoms with E-state index < -0.39 is 51.8 Å². The number of aliphatic hydroxyl groups is 2. The fourth-order valence-corrected chi connectivity index (χ4v) is 5.90. The number of unbranched alkanes of at least 4 members (excludes halogenated alkanes) is 16. The van der Waals surface area contributed by atoms with E-state index in [1.165, 1.54) is 51.4 Å². The van der Waals surface area contributed by atoms with Gasteiger partial charge in [-0.2, -0.15) is 0 Å². The summed E-state index contributed by atoms with van der Waals surface area (Å²) in [6.07, 6.45) is 40.4. The van der Waals surface area contributed by atoms with Gasteiger partial charge in [0.15, 0.2) is 6.10 Å². The van der Waals surface area contributed by atoms with Gasteiger partial charge in [0.05, 0.1) is 19.8 Å². The van der Waals surface area contributed by atoms with E-state index in [2.05, 4.69) is 42.7 Å². The molecule has 0 saturated heterocycles. The zero-order valence-electron chi connectivity index (χ0n) is 33.0. The van der Waals surface area contributed by atoms with Gasteiger partial charge < -0.3 is 24.6 Å². The van der Waals surface area contributed by atoms with Crippen LogP contribution < -0.4 is 0 Å². The third-order valence-electron chi connectivity index (χ3n) is 8.25. The molecule has 3 N–H and O–H groups in total. The van der Waals surface area contributed by atoms with Crippen molar-refractivity contribution < 1.29 is 47.8 Å². The zero-order valence-corrected chi connectivity index (χ0v) is 33.9. The molecule has 11 heteroatoms. The Morgan fingerprint density at radius 2 is 1.06 bits per heavy atom. The number of ether oxygens (including phenoxy) is 2. The lowest BCUT2D eigenvalue weighted by atomic mass is 10.1. The van der Waals surface area contributed by atoms with Crippen LogP contribution in [0.5, 0.6) is 0 Å². The van der Waals surface area contributed by atoms with Crippen molar-refractivity contribution >= 4 is 19.8 Å². The second-order valence-electron chi connectivity index (χ2n) is 13.4. The molecule has 10 nitrogen and oxygen atoms in total. The average Bonchev–Trinajstić information content (AvgIpc) is 3.14. The molecule has 0 radical (unpaired) electrons. The van der Waals surface area contributed by atoms with Crippen molar-refractivity contribution in [2.75, 3.05) is 26.4 Å². The normalized spacial score (nSPS) is 14.6. The van der Waals surface area contributed by atoms with E-state index in [-0.39, 0.29) is 19.4 Å². The van der Waals surface area contributed by atoms with Gasteiger partial charge in [0.25, 0.3) is 0 Å². The lowest BCUT2D eigenvalue weighted by Gasteiger charge is -2.20. The molecule has 306 valence electrons. The number of phosphoric ester groups is 1. The van der Waals surface area contributed by atoms with Gasteiger partial charge in [0, 0.05) is 12.8 Å². The minimum atomic E-state index is -4.63. The van der Waals surface area contributed by atoms with Crippen LogP contribution in [0.25, 0.3) is 0 Å². The molecule has 0 saturated carbocycles. The number of hydrogen-bond acceptors (Lipinski definition) is 9. The van der Waals surface area contributed by atoms with Crippen molar-refractivity contribution in [1.82, 2.24) is 0 Å². The third-order valence-corrected chi connectivity index (χ3v) is 9.20. The molecule has 0 aliphatic rings. The molecule has 0 aromatic heterocycles. The Hall–Kier alpha value is -2.33. The van der Waals surface area contributed by atoms with E-state index >= 15 is 0 Å². The summed E-state index contributed by atoms with van der Waals surface area (Å²) in [5, 5.41) is 18.3. The van der Waals surface area contributed by atoms with Gasteiger partial charge in [0.1, 0.15) is 12.7 Å². The number of allylic oxidation sites excluding steroid dienone is 10. The predicted octanol–water partition coefficient (Wildman–Crippen LogP) is 10.3. The first-order valence-electron chi connectivity index (χ1n) is 20.3. The summed E-state index contributed by atoms with van der Waals surface area (Å²) >= 11 is 0. The molecule has 0 heterocycles. The Morgan fingerprint density at radius 1 is 0.585 bits per heavy atom. The van der Waals surface area contributed by atoms with Crippen molar-refractivity contribution in [2.45, 2.75) is 167 Å². The number of aliphatic hydroxyl groups excluding tert-OH is 2. The Kier molecular flexibility index (Phi) is 36.3. The maximum atomic E-state index is 12.6. The van der Waals surface area contributed by atoms with Crippen molar-refractivity contribution in [3.63, 3.8) is 0 Å². The molecule has 0 aliphatic heterocycles. The maximum absolute atomic E-state index is 12.6. The number of carbonyl (C=O) groups excluding carboxylic acids is 2. The highest BCUT2D eigenvalue weighted by atomic mass is 31.2. The van der Waals surface area contributed by atoms with E-state index in [9.17, 15) is 24.2 Å². The summed E-state index contributed by atoms with van der Waals surface area (Å²) in [5.41, 5.74) is 0. The summed E-state index contributed by atoms with van der Waals surface area (Å²) in [6, 6.07) is 0. The minimum absolute atomic E-state index is 0.156. The molecule has 53 heavy (non-hydrogen) atoms. The molecule has 1 unspecified atom stereocenters. The largest absolute Gasteiger partial charge is 0.472 e. The number of phosphoric acid groups is 1. The summed E-state index contributed by atoms with van der Waals surface area (Å²) < 4.78 is 32.6. The minimum Gasteiger partial charge on any atom is -0.462 e. The quantitative estimate of drug-likeness (QED) is 0.0183. The van der Waals surface area contributed by atoms with Crippen LogP contribution in [0.15, 0.2) is 60.8 Å². The highest BCUT2D eigenvalue weighted by Crippen LogP contribution is 2.43.